The lowest BCUT2D eigenvalue weighted by Gasteiger charge is -2.29. The van der Waals surface area contributed by atoms with Gasteiger partial charge in [0.15, 0.2) is 0 Å². The summed E-state index contributed by atoms with van der Waals surface area (Å²) in [6.07, 6.45) is 5.17. The highest BCUT2D eigenvalue weighted by molar-refractivity contribution is 5.92. The molecule has 1 aliphatic carbocycles. The van der Waals surface area contributed by atoms with E-state index in [1.165, 1.54) is 6.42 Å². The summed E-state index contributed by atoms with van der Waals surface area (Å²) in [7, 11) is 0. The van der Waals surface area contributed by atoms with Gasteiger partial charge in [-0.15, -0.1) is 0 Å². The molecule has 8 heteroatoms. The van der Waals surface area contributed by atoms with Crippen LogP contribution in [0.2, 0.25) is 0 Å². The van der Waals surface area contributed by atoms with Gasteiger partial charge in [0, 0.05) is 5.70 Å². The zero-order valence-electron chi connectivity index (χ0n) is 18.6. The van der Waals surface area contributed by atoms with Crippen LogP contribution in [0, 0.1) is 0 Å². The lowest BCUT2D eigenvalue weighted by molar-refractivity contribution is -0.146. The number of carbonyl (C=O) groups is 1. The highest BCUT2D eigenvalue weighted by Crippen LogP contribution is 2.36. The van der Waals surface area contributed by atoms with Gasteiger partial charge in [0.05, 0.1) is 5.57 Å². The van der Waals surface area contributed by atoms with E-state index in [9.17, 15) is 4.79 Å². The van der Waals surface area contributed by atoms with Crippen molar-refractivity contribution in [2.45, 2.75) is 57.8 Å². The molecule has 8 nitrogen and oxygen atoms in total. The summed E-state index contributed by atoms with van der Waals surface area (Å²) in [4.78, 5) is 13.4. The summed E-state index contributed by atoms with van der Waals surface area (Å²) in [5.74, 6) is 0.873. The van der Waals surface area contributed by atoms with E-state index in [1.807, 2.05) is 61.5 Å². The number of hydrogen-bond acceptors (Lipinski definition) is 7. The number of ether oxygens (including phenoxy) is 2. The van der Waals surface area contributed by atoms with Gasteiger partial charge in [0.25, 0.3) is 0 Å². The first kappa shape index (κ1) is 21.2. The molecule has 170 valence electrons. The predicted octanol–water partition coefficient (Wildman–Crippen LogP) is 4.42. The van der Waals surface area contributed by atoms with Gasteiger partial charge >= 0.3 is 5.97 Å². The number of benzene rings is 2. The van der Waals surface area contributed by atoms with Crippen LogP contribution >= 0.6 is 0 Å². The first-order chi connectivity index (χ1) is 16.2. The molecule has 5 rings (SSSR count). The lowest BCUT2D eigenvalue weighted by Crippen LogP contribution is -2.32. The normalized spacial score (nSPS) is 18.4. The Bertz CT molecular complexity index is 1150. The average molecular weight is 446 g/mol. The van der Waals surface area contributed by atoms with Crippen LogP contribution in [0.4, 0.5) is 5.95 Å². The monoisotopic (exact) mass is 445 g/mol. The minimum atomic E-state index is -0.507. The van der Waals surface area contributed by atoms with E-state index in [0.29, 0.717) is 29.6 Å². The molecule has 1 unspecified atom stereocenters. The van der Waals surface area contributed by atoms with Gasteiger partial charge in [0.2, 0.25) is 5.95 Å². The molecule has 1 N–H and O–H groups in total. The number of fused-ring (bicyclic) bond motifs is 1. The molecule has 0 spiro atoms. The first-order valence-electron chi connectivity index (χ1n) is 11.4. The molecule has 1 aliphatic heterocycles. The number of aromatic nitrogens is 4. The van der Waals surface area contributed by atoms with E-state index < -0.39 is 6.04 Å². The smallest absolute Gasteiger partial charge is 0.338 e. The topological polar surface area (TPSA) is 91.2 Å². The Morgan fingerprint density at radius 1 is 1.09 bits per heavy atom. The third kappa shape index (κ3) is 4.60. The predicted molar refractivity (Wildman–Crippen MR) is 122 cm³/mol. The molecule has 2 aromatic carbocycles. The minimum absolute atomic E-state index is 0.0389. The Morgan fingerprint density at radius 3 is 2.73 bits per heavy atom. The molecule has 0 bridgehead atoms. The van der Waals surface area contributed by atoms with E-state index in [2.05, 4.69) is 20.8 Å². The van der Waals surface area contributed by atoms with Crippen molar-refractivity contribution < 1.29 is 14.3 Å². The maximum absolute atomic E-state index is 13.4. The van der Waals surface area contributed by atoms with Crippen molar-refractivity contribution in [2.24, 2.45) is 0 Å². The van der Waals surface area contributed by atoms with Gasteiger partial charge in [-0.25, -0.2) is 4.79 Å². The second-order valence-electron chi connectivity index (χ2n) is 8.53. The number of esters is 1. The van der Waals surface area contributed by atoms with E-state index in [0.717, 1.165) is 36.8 Å². The Balaban J connectivity index is 1.43. The number of carbonyl (C=O) groups excluding carboxylic acids is 1. The molecule has 33 heavy (non-hydrogen) atoms. The Hall–Kier alpha value is -3.68. The summed E-state index contributed by atoms with van der Waals surface area (Å²) < 4.78 is 13.6. The van der Waals surface area contributed by atoms with Crippen LogP contribution < -0.4 is 10.1 Å². The van der Waals surface area contributed by atoms with Gasteiger partial charge < -0.3 is 14.8 Å². The van der Waals surface area contributed by atoms with E-state index in [4.69, 9.17) is 9.47 Å². The number of rotatable bonds is 6. The third-order valence-electron chi connectivity index (χ3n) is 6.18. The van der Waals surface area contributed by atoms with Crippen molar-refractivity contribution in [2.75, 3.05) is 5.32 Å². The number of allylic oxidation sites excluding steroid dienone is 1. The van der Waals surface area contributed by atoms with Crippen LogP contribution in [0.5, 0.6) is 5.75 Å². The maximum Gasteiger partial charge on any atom is 0.338 e. The number of nitrogens with one attached hydrogen (secondary N) is 1. The second kappa shape index (κ2) is 9.44. The van der Waals surface area contributed by atoms with Gasteiger partial charge in [-0.2, -0.15) is 4.68 Å². The van der Waals surface area contributed by atoms with Crippen molar-refractivity contribution in [3.05, 3.63) is 77.0 Å². The molecule has 3 aromatic rings. The van der Waals surface area contributed by atoms with E-state index >= 15 is 0 Å². The first-order valence-corrected chi connectivity index (χ1v) is 11.4. The van der Waals surface area contributed by atoms with Crippen molar-refractivity contribution in [1.29, 1.82) is 0 Å². The lowest BCUT2D eigenvalue weighted by atomic mass is 9.94. The standard InChI is InChI=1S/C25H27N5O3/c1-17-22(24(31)33-20-12-6-3-7-13-20)23(30-25(26-17)27-28-29-30)19-11-8-14-21(15-19)32-16-18-9-4-2-5-10-18/h2,4-5,8-11,14-15,20,23H,3,6-7,12-13,16H2,1H3,(H,26,27,29). The van der Waals surface area contributed by atoms with Crippen LogP contribution in [0.25, 0.3) is 0 Å². The summed E-state index contributed by atoms with van der Waals surface area (Å²) in [6.45, 7) is 2.32. The summed E-state index contributed by atoms with van der Waals surface area (Å²) in [5, 5.41) is 15.2. The molecule has 1 atom stereocenters. The molecule has 1 saturated carbocycles. The van der Waals surface area contributed by atoms with Crippen molar-refractivity contribution >= 4 is 11.9 Å². The molecule has 0 amide bonds. The van der Waals surface area contributed by atoms with Gasteiger partial charge in [-0.3, -0.25) is 0 Å². The van der Waals surface area contributed by atoms with Crippen molar-refractivity contribution in [3.8, 4) is 5.75 Å². The fourth-order valence-corrected chi connectivity index (χ4v) is 4.50. The quantitative estimate of drug-likeness (QED) is 0.562. The number of anilines is 1. The van der Waals surface area contributed by atoms with Crippen LogP contribution in [0.1, 0.15) is 56.2 Å². The van der Waals surface area contributed by atoms with Crippen LogP contribution in [0.15, 0.2) is 65.9 Å². The highest BCUT2D eigenvalue weighted by atomic mass is 16.5. The second-order valence-corrected chi connectivity index (χ2v) is 8.53. The maximum atomic E-state index is 13.4. The molecule has 1 aromatic heterocycles. The Kier molecular flexibility index (Phi) is 6.06. The largest absolute Gasteiger partial charge is 0.489 e. The number of hydrogen-bond donors (Lipinski definition) is 1. The minimum Gasteiger partial charge on any atom is -0.489 e. The molecular formula is C25H27N5O3. The van der Waals surface area contributed by atoms with Gasteiger partial charge in [-0.1, -0.05) is 54.0 Å². The molecule has 0 saturated heterocycles. The van der Waals surface area contributed by atoms with Crippen molar-refractivity contribution in [3.63, 3.8) is 0 Å². The zero-order chi connectivity index (χ0) is 22.6. The molecule has 0 radical (unpaired) electrons. The Morgan fingerprint density at radius 2 is 1.91 bits per heavy atom. The SMILES string of the molecule is CC1=C(C(=O)OC2CCCCC2)C(c2cccc(OCc3ccccc3)c2)n2nnnc2N1. The highest BCUT2D eigenvalue weighted by Gasteiger charge is 2.36. The van der Waals surface area contributed by atoms with Crippen molar-refractivity contribution in [1.82, 2.24) is 20.2 Å². The van der Waals surface area contributed by atoms with E-state index in [-0.39, 0.29) is 12.1 Å². The third-order valence-corrected chi connectivity index (χ3v) is 6.18. The Labute approximate surface area is 192 Å². The fourth-order valence-electron chi connectivity index (χ4n) is 4.50. The van der Waals surface area contributed by atoms with Gasteiger partial charge in [0.1, 0.15) is 24.5 Å². The van der Waals surface area contributed by atoms with Crippen LogP contribution in [0.3, 0.4) is 0 Å². The summed E-state index contributed by atoms with van der Waals surface area (Å²) in [6, 6.07) is 17.2. The average Bonchev–Trinajstić information content (AvgIpc) is 3.31. The summed E-state index contributed by atoms with van der Waals surface area (Å²) >= 11 is 0. The molecule has 2 aliphatic rings. The zero-order valence-corrected chi connectivity index (χ0v) is 18.6. The van der Waals surface area contributed by atoms with E-state index in [1.54, 1.807) is 4.68 Å². The van der Waals surface area contributed by atoms with Crippen LogP contribution in [-0.2, 0) is 16.1 Å². The summed E-state index contributed by atoms with van der Waals surface area (Å²) in [5.41, 5.74) is 3.14. The van der Waals surface area contributed by atoms with Gasteiger partial charge in [-0.05, 0) is 66.3 Å². The number of nitrogens with zero attached hydrogens (tertiary/aromatic N) is 4. The van der Waals surface area contributed by atoms with Crippen LogP contribution in [-0.4, -0.2) is 32.3 Å². The number of tetrazole rings is 1. The molecule has 1 fully saturated rings. The fraction of sp³-hybridized carbons (Fsp3) is 0.360. The molecular weight excluding hydrogens is 418 g/mol. The molecule has 2 heterocycles.